The zero-order valence-electron chi connectivity index (χ0n) is 7.63. The highest BCUT2D eigenvalue weighted by Crippen LogP contribution is 2.08. The number of benzene rings is 1. The molecule has 0 aliphatic rings. The second-order valence-corrected chi connectivity index (χ2v) is 3.14. The first-order chi connectivity index (χ1) is 6.33. The molecule has 1 rings (SSSR count). The van der Waals surface area contributed by atoms with Crippen molar-refractivity contribution in [3.8, 4) is 0 Å². The average Bonchev–Trinajstić information content (AvgIpc) is 2.13. The van der Waals surface area contributed by atoms with Crippen molar-refractivity contribution in [2.75, 3.05) is 6.61 Å². The molecule has 0 amide bonds. The van der Waals surface area contributed by atoms with E-state index in [1.165, 1.54) is 6.07 Å². The fourth-order valence-corrected chi connectivity index (χ4v) is 1.30. The molecule has 0 fully saturated rings. The topological polar surface area (TPSA) is 19.9 Å². The average molecular weight is 181 g/mol. The Labute approximate surface area is 78.2 Å². The van der Waals surface area contributed by atoms with E-state index in [1.54, 1.807) is 12.1 Å². The van der Waals surface area contributed by atoms with Crippen molar-refractivity contribution < 1.29 is 9.50 Å². The van der Waals surface area contributed by atoms with Gasteiger partial charge in [0.05, 0.1) is 6.61 Å². The largest absolute Gasteiger partial charge is 0.237 e. The number of aryl methyl sites for hydroxylation is 1. The van der Waals surface area contributed by atoms with Crippen LogP contribution in [0.1, 0.15) is 24.8 Å². The molecule has 0 saturated heterocycles. The predicted octanol–water partition coefficient (Wildman–Crippen LogP) is 2.97. The third-order valence-corrected chi connectivity index (χ3v) is 2.00. The molecule has 0 N–H and O–H groups in total. The van der Waals surface area contributed by atoms with Crippen molar-refractivity contribution in [3.05, 3.63) is 35.6 Å². The van der Waals surface area contributed by atoms with Gasteiger partial charge in [0.1, 0.15) is 5.82 Å². The van der Waals surface area contributed by atoms with Crippen molar-refractivity contribution in [1.82, 2.24) is 0 Å². The number of unbranched alkanes of at least 4 members (excludes halogenated alkanes) is 2. The van der Waals surface area contributed by atoms with Crippen molar-refractivity contribution >= 4 is 0 Å². The molecular formula is C11H14FO. The maximum Gasteiger partial charge on any atom is 0.123 e. The highest BCUT2D eigenvalue weighted by Gasteiger charge is 1.95. The summed E-state index contributed by atoms with van der Waals surface area (Å²) in [5.74, 6) is -0.179. The van der Waals surface area contributed by atoms with E-state index in [-0.39, 0.29) is 12.4 Å². The van der Waals surface area contributed by atoms with Crippen molar-refractivity contribution in [3.63, 3.8) is 0 Å². The van der Waals surface area contributed by atoms with E-state index < -0.39 is 0 Å². The van der Waals surface area contributed by atoms with Crippen LogP contribution in [-0.4, -0.2) is 6.61 Å². The van der Waals surface area contributed by atoms with E-state index in [4.69, 9.17) is 0 Å². The summed E-state index contributed by atoms with van der Waals surface area (Å²) in [7, 11) is 0. The van der Waals surface area contributed by atoms with Crippen LogP contribution in [0.5, 0.6) is 0 Å². The monoisotopic (exact) mass is 181 g/mol. The third kappa shape index (κ3) is 4.04. The Morgan fingerprint density at radius 2 is 2.00 bits per heavy atom. The summed E-state index contributed by atoms with van der Waals surface area (Å²) in [6.07, 6.45) is 3.53. The van der Waals surface area contributed by atoms with E-state index in [1.807, 2.05) is 6.07 Å². The molecule has 1 radical (unpaired) electrons. The molecule has 13 heavy (non-hydrogen) atoms. The smallest absolute Gasteiger partial charge is 0.123 e. The van der Waals surface area contributed by atoms with Crippen molar-refractivity contribution in [1.29, 1.82) is 0 Å². The zero-order valence-corrected chi connectivity index (χ0v) is 7.63. The molecule has 0 heterocycles. The van der Waals surface area contributed by atoms with Gasteiger partial charge in [-0.15, -0.1) is 0 Å². The minimum absolute atomic E-state index is 0.00313. The lowest BCUT2D eigenvalue weighted by Gasteiger charge is -2.00. The number of halogens is 1. The first-order valence-corrected chi connectivity index (χ1v) is 4.65. The minimum atomic E-state index is -0.179. The summed E-state index contributed by atoms with van der Waals surface area (Å²) in [6.45, 7) is 0.00313. The fourth-order valence-electron chi connectivity index (χ4n) is 1.30. The molecular weight excluding hydrogens is 167 g/mol. The zero-order chi connectivity index (χ0) is 9.52. The Balaban J connectivity index is 2.28. The lowest BCUT2D eigenvalue weighted by atomic mass is 10.1. The molecule has 0 bridgehead atoms. The second-order valence-electron chi connectivity index (χ2n) is 3.14. The molecule has 1 aromatic rings. The van der Waals surface area contributed by atoms with Crippen LogP contribution in [0.3, 0.4) is 0 Å². The van der Waals surface area contributed by atoms with E-state index in [9.17, 15) is 9.50 Å². The Morgan fingerprint density at radius 3 is 2.69 bits per heavy atom. The maximum atomic E-state index is 12.7. The van der Waals surface area contributed by atoms with Gasteiger partial charge in [0.25, 0.3) is 0 Å². The molecule has 0 aliphatic carbocycles. The van der Waals surface area contributed by atoms with Crippen LogP contribution < -0.4 is 0 Å². The van der Waals surface area contributed by atoms with Gasteiger partial charge in [-0.25, -0.2) is 9.50 Å². The lowest BCUT2D eigenvalue weighted by Crippen LogP contribution is -1.88. The highest BCUT2D eigenvalue weighted by molar-refractivity contribution is 5.16. The molecule has 0 aromatic heterocycles. The van der Waals surface area contributed by atoms with Gasteiger partial charge in [-0.3, -0.25) is 0 Å². The van der Waals surface area contributed by atoms with Crippen LogP contribution in [-0.2, 0) is 11.5 Å². The van der Waals surface area contributed by atoms with E-state index in [2.05, 4.69) is 0 Å². The van der Waals surface area contributed by atoms with Gasteiger partial charge in [0.2, 0.25) is 0 Å². The Bertz CT molecular complexity index is 248. The summed E-state index contributed by atoms with van der Waals surface area (Å²) >= 11 is 0. The molecule has 1 aromatic carbocycles. The minimum Gasteiger partial charge on any atom is -0.237 e. The summed E-state index contributed by atoms with van der Waals surface area (Å²) < 4.78 is 12.7. The molecule has 0 aliphatic heterocycles. The summed E-state index contributed by atoms with van der Waals surface area (Å²) in [4.78, 5) is 0. The van der Waals surface area contributed by atoms with Crippen molar-refractivity contribution in [2.24, 2.45) is 0 Å². The first kappa shape index (κ1) is 10.2. The van der Waals surface area contributed by atoms with E-state index in [0.29, 0.717) is 0 Å². The normalized spacial score (nSPS) is 10.3. The van der Waals surface area contributed by atoms with Crippen LogP contribution in [0.25, 0.3) is 0 Å². The molecule has 0 saturated carbocycles. The van der Waals surface area contributed by atoms with Gasteiger partial charge >= 0.3 is 0 Å². The fraction of sp³-hybridized carbons (Fsp3) is 0.455. The number of rotatable bonds is 5. The van der Waals surface area contributed by atoms with Crippen LogP contribution in [0.2, 0.25) is 0 Å². The van der Waals surface area contributed by atoms with Gasteiger partial charge in [0, 0.05) is 0 Å². The molecule has 2 heteroatoms. The van der Waals surface area contributed by atoms with E-state index in [0.717, 1.165) is 31.2 Å². The van der Waals surface area contributed by atoms with Crippen LogP contribution in [0, 0.1) is 5.82 Å². The SMILES string of the molecule is [O]CCCCCc1cccc(F)c1. The maximum absolute atomic E-state index is 12.7. The summed E-state index contributed by atoms with van der Waals surface area (Å²) in [5, 5.41) is 10.1. The Morgan fingerprint density at radius 1 is 1.15 bits per heavy atom. The number of hydrogen-bond acceptors (Lipinski definition) is 0. The lowest BCUT2D eigenvalue weighted by molar-refractivity contribution is 0.186. The molecule has 0 spiro atoms. The van der Waals surface area contributed by atoms with Gasteiger partial charge in [-0.1, -0.05) is 18.6 Å². The van der Waals surface area contributed by atoms with Crippen molar-refractivity contribution in [2.45, 2.75) is 25.7 Å². The van der Waals surface area contributed by atoms with Crippen LogP contribution in [0.4, 0.5) is 4.39 Å². The quantitative estimate of drug-likeness (QED) is 0.622. The summed E-state index contributed by atoms with van der Waals surface area (Å²) in [5.41, 5.74) is 1.02. The molecule has 1 nitrogen and oxygen atoms in total. The highest BCUT2D eigenvalue weighted by atomic mass is 19.1. The second kappa shape index (κ2) is 5.70. The number of hydrogen-bond donors (Lipinski definition) is 0. The predicted molar refractivity (Wildman–Crippen MR) is 49.5 cm³/mol. The standard InChI is InChI=1S/C11H14FO/c12-11-7-4-6-10(9-11)5-2-1-3-8-13/h4,6-7,9H,1-3,5,8H2. The third-order valence-electron chi connectivity index (χ3n) is 2.00. The molecule has 0 unspecified atom stereocenters. The van der Waals surface area contributed by atoms with Crippen LogP contribution in [0.15, 0.2) is 24.3 Å². The molecule has 71 valence electrons. The van der Waals surface area contributed by atoms with Gasteiger partial charge in [0.15, 0.2) is 0 Å². The summed E-state index contributed by atoms with van der Waals surface area (Å²) in [6, 6.07) is 6.64. The Kier molecular flexibility index (Phi) is 4.47. The van der Waals surface area contributed by atoms with Gasteiger partial charge in [-0.2, -0.15) is 0 Å². The molecule has 0 atom stereocenters. The van der Waals surface area contributed by atoms with Gasteiger partial charge in [-0.05, 0) is 37.0 Å². The van der Waals surface area contributed by atoms with Gasteiger partial charge < -0.3 is 0 Å². The Hall–Kier alpha value is -0.890. The first-order valence-electron chi connectivity index (χ1n) is 4.65. The van der Waals surface area contributed by atoms with Crippen LogP contribution >= 0.6 is 0 Å². The van der Waals surface area contributed by atoms with E-state index >= 15 is 0 Å².